The van der Waals surface area contributed by atoms with Crippen molar-refractivity contribution in [2.45, 2.75) is 45.6 Å². The third-order valence-corrected chi connectivity index (χ3v) is 6.71. The van der Waals surface area contributed by atoms with Crippen LogP contribution < -0.4 is 9.64 Å². The maximum atomic E-state index is 13.0. The molecule has 5 nitrogen and oxygen atoms in total. The molecule has 1 aromatic heterocycles. The highest BCUT2D eigenvalue weighted by atomic mass is 16.5. The van der Waals surface area contributed by atoms with Gasteiger partial charge in [-0.3, -0.25) is 4.79 Å². The Labute approximate surface area is 201 Å². The molecule has 0 bridgehead atoms. The van der Waals surface area contributed by atoms with Crippen molar-refractivity contribution in [3.05, 3.63) is 89.7 Å². The predicted octanol–water partition coefficient (Wildman–Crippen LogP) is 6.07. The van der Waals surface area contributed by atoms with Gasteiger partial charge in [-0.1, -0.05) is 56.3 Å². The third-order valence-electron chi connectivity index (χ3n) is 6.71. The van der Waals surface area contributed by atoms with Crippen molar-refractivity contribution >= 4 is 22.6 Å². The molecule has 0 N–H and O–H groups in total. The summed E-state index contributed by atoms with van der Waals surface area (Å²) in [4.78, 5) is 19.9. The Kier molecular flexibility index (Phi) is 6.10. The molecular weight excluding hydrogens is 422 g/mol. The molecule has 4 aromatic rings. The zero-order valence-corrected chi connectivity index (χ0v) is 20.1. The van der Waals surface area contributed by atoms with Crippen LogP contribution in [0, 0.1) is 6.92 Å². The van der Waals surface area contributed by atoms with E-state index in [9.17, 15) is 4.79 Å². The number of carbonyl (C=O) groups is 1. The number of imidazole rings is 1. The molecule has 1 atom stereocenters. The van der Waals surface area contributed by atoms with Crippen LogP contribution in [-0.2, 0) is 11.3 Å². The van der Waals surface area contributed by atoms with Crippen molar-refractivity contribution in [1.29, 1.82) is 0 Å². The summed E-state index contributed by atoms with van der Waals surface area (Å²) in [5.74, 6) is 2.54. The number of rotatable bonds is 7. The third kappa shape index (κ3) is 4.30. The normalized spacial score (nSPS) is 16.1. The number of aromatic nitrogens is 2. The second-order valence-corrected chi connectivity index (χ2v) is 9.37. The van der Waals surface area contributed by atoms with E-state index in [1.807, 2.05) is 53.4 Å². The first-order valence-electron chi connectivity index (χ1n) is 12.0. The smallest absolute Gasteiger partial charge is 0.227 e. The van der Waals surface area contributed by atoms with E-state index in [-0.39, 0.29) is 11.8 Å². The van der Waals surface area contributed by atoms with Crippen LogP contribution >= 0.6 is 0 Å². The number of hydrogen-bond acceptors (Lipinski definition) is 3. The lowest BCUT2D eigenvalue weighted by Gasteiger charge is -2.19. The molecule has 0 aliphatic carbocycles. The van der Waals surface area contributed by atoms with Crippen molar-refractivity contribution < 1.29 is 9.53 Å². The number of aryl methyl sites for hydroxylation is 1. The Hall–Kier alpha value is -3.60. The lowest BCUT2D eigenvalue weighted by Crippen LogP contribution is -2.25. The first-order valence-corrected chi connectivity index (χ1v) is 12.0. The molecule has 1 aliphatic rings. The minimum absolute atomic E-state index is 0.0461. The Bertz CT molecular complexity index is 1310. The van der Waals surface area contributed by atoms with Gasteiger partial charge >= 0.3 is 0 Å². The number of amides is 1. The van der Waals surface area contributed by atoms with Crippen LogP contribution in [0.1, 0.15) is 49.1 Å². The summed E-state index contributed by atoms with van der Waals surface area (Å²) >= 11 is 0. The van der Waals surface area contributed by atoms with Crippen LogP contribution in [0.3, 0.4) is 0 Å². The Morgan fingerprint density at radius 2 is 1.74 bits per heavy atom. The van der Waals surface area contributed by atoms with E-state index in [1.165, 1.54) is 5.56 Å². The van der Waals surface area contributed by atoms with E-state index in [2.05, 4.69) is 49.6 Å². The standard InChI is InChI=1S/C29H31N3O2/c1-20(2)22-12-14-24(15-13-22)34-17-16-31-27-11-7-5-9-25(27)30-29(31)23-18-28(33)32(19-23)26-10-6-4-8-21(26)3/h4-15,20,23H,16-19H2,1-3H3. The summed E-state index contributed by atoms with van der Waals surface area (Å²) in [6, 6.07) is 24.6. The van der Waals surface area contributed by atoms with Crippen LogP contribution in [-0.4, -0.2) is 28.6 Å². The number of hydrogen-bond donors (Lipinski definition) is 0. The zero-order chi connectivity index (χ0) is 23.7. The number of benzene rings is 3. The fourth-order valence-corrected chi connectivity index (χ4v) is 4.82. The highest BCUT2D eigenvalue weighted by molar-refractivity contribution is 5.97. The zero-order valence-electron chi connectivity index (χ0n) is 20.1. The number of carbonyl (C=O) groups excluding carboxylic acids is 1. The first kappa shape index (κ1) is 22.2. The van der Waals surface area contributed by atoms with Crippen molar-refractivity contribution in [3.8, 4) is 5.75 Å². The van der Waals surface area contributed by atoms with Crippen molar-refractivity contribution in [2.75, 3.05) is 18.1 Å². The lowest BCUT2D eigenvalue weighted by molar-refractivity contribution is -0.117. The topological polar surface area (TPSA) is 47.4 Å². The van der Waals surface area contributed by atoms with Crippen LogP contribution in [0.15, 0.2) is 72.8 Å². The van der Waals surface area contributed by atoms with Gasteiger partial charge in [0.25, 0.3) is 0 Å². The summed E-state index contributed by atoms with van der Waals surface area (Å²) in [5.41, 5.74) is 5.45. The maximum absolute atomic E-state index is 13.0. The highest BCUT2D eigenvalue weighted by Crippen LogP contribution is 2.34. The molecule has 0 radical (unpaired) electrons. The molecule has 1 saturated heterocycles. The van der Waals surface area contributed by atoms with Gasteiger partial charge in [-0.05, 0) is 54.3 Å². The number of fused-ring (bicyclic) bond motifs is 1. The number of anilines is 1. The Balaban J connectivity index is 1.37. The second kappa shape index (κ2) is 9.34. The molecule has 5 heteroatoms. The van der Waals surface area contributed by atoms with E-state index in [0.29, 0.717) is 32.0 Å². The van der Waals surface area contributed by atoms with E-state index < -0.39 is 0 Å². The molecule has 0 spiro atoms. The fourth-order valence-electron chi connectivity index (χ4n) is 4.82. The average Bonchev–Trinajstić information content (AvgIpc) is 3.40. The van der Waals surface area contributed by atoms with Crippen molar-refractivity contribution in [2.24, 2.45) is 0 Å². The fraction of sp³-hybridized carbons (Fsp3) is 0.310. The van der Waals surface area contributed by atoms with Crippen LogP contribution in [0.2, 0.25) is 0 Å². The summed E-state index contributed by atoms with van der Waals surface area (Å²) in [7, 11) is 0. The minimum atomic E-state index is 0.0461. The molecule has 1 amide bonds. The van der Waals surface area contributed by atoms with Crippen LogP contribution in [0.4, 0.5) is 5.69 Å². The summed E-state index contributed by atoms with van der Waals surface area (Å²) in [5, 5.41) is 0. The van der Waals surface area contributed by atoms with Gasteiger partial charge in [0.1, 0.15) is 18.2 Å². The van der Waals surface area contributed by atoms with Crippen LogP contribution in [0.25, 0.3) is 11.0 Å². The largest absolute Gasteiger partial charge is 0.492 e. The summed E-state index contributed by atoms with van der Waals surface area (Å²) in [6.45, 7) is 8.29. The van der Waals surface area contributed by atoms with Gasteiger partial charge in [-0.15, -0.1) is 0 Å². The number of nitrogens with zero attached hydrogens (tertiary/aromatic N) is 3. The van der Waals surface area contributed by atoms with Gasteiger partial charge in [-0.2, -0.15) is 0 Å². The van der Waals surface area contributed by atoms with E-state index in [0.717, 1.165) is 33.9 Å². The molecule has 1 fully saturated rings. The van der Waals surface area contributed by atoms with Gasteiger partial charge in [0.05, 0.1) is 17.6 Å². The molecule has 2 heterocycles. The van der Waals surface area contributed by atoms with E-state index >= 15 is 0 Å². The van der Waals surface area contributed by atoms with E-state index in [4.69, 9.17) is 9.72 Å². The molecule has 3 aromatic carbocycles. The van der Waals surface area contributed by atoms with Gasteiger partial charge in [-0.25, -0.2) is 4.98 Å². The molecule has 34 heavy (non-hydrogen) atoms. The van der Waals surface area contributed by atoms with Crippen molar-refractivity contribution in [3.63, 3.8) is 0 Å². The Morgan fingerprint density at radius 1 is 1.00 bits per heavy atom. The molecule has 0 saturated carbocycles. The number of ether oxygens (including phenoxy) is 1. The lowest BCUT2D eigenvalue weighted by atomic mass is 10.0. The summed E-state index contributed by atoms with van der Waals surface area (Å²) in [6.07, 6.45) is 0.467. The summed E-state index contributed by atoms with van der Waals surface area (Å²) < 4.78 is 8.32. The van der Waals surface area contributed by atoms with Gasteiger partial charge in [0.2, 0.25) is 5.91 Å². The van der Waals surface area contributed by atoms with Gasteiger partial charge in [0.15, 0.2) is 0 Å². The van der Waals surface area contributed by atoms with Gasteiger partial charge < -0.3 is 14.2 Å². The minimum Gasteiger partial charge on any atom is -0.492 e. The quantitative estimate of drug-likeness (QED) is 0.341. The molecule has 1 unspecified atom stereocenters. The highest BCUT2D eigenvalue weighted by Gasteiger charge is 2.35. The van der Waals surface area contributed by atoms with Crippen molar-refractivity contribution in [1.82, 2.24) is 9.55 Å². The maximum Gasteiger partial charge on any atom is 0.227 e. The van der Waals surface area contributed by atoms with E-state index in [1.54, 1.807) is 0 Å². The molecule has 5 rings (SSSR count). The molecule has 174 valence electrons. The SMILES string of the molecule is Cc1ccccc1N1CC(c2nc3ccccc3n2CCOc2ccc(C(C)C)cc2)CC1=O. The first-order chi connectivity index (χ1) is 16.5. The second-order valence-electron chi connectivity index (χ2n) is 9.37. The monoisotopic (exact) mass is 453 g/mol. The van der Waals surface area contributed by atoms with Crippen LogP contribution in [0.5, 0.6) is 5.75 Å². The predicted molar refractivity (Wildman–Crippen MR) is 137 cm³/mol. The molecular formula is C29H31N3O2. The average molecular weight is 454 g/mol. The number of para-hydroxylation sites is 3. The molecule has 1 aliphatic heterocycles. The Morgan fingerprint density at radius 3 is 2.50 bits per heavy atom. The van der Waals surface area contributed by atoms with Gasteiger partial charge in [0, 0.05) is 24.6 Å².